The average Bonchev–Trinajstić information content (AvgIpc) is 2.19. The summed E-state index contributed by atoms with van der Waals surface area (Å²) in [5.41, 5.74) is 9.29. The van der Waals surface area contributed by atoms with Crippen molar-refractivity contribution in [1.82, 2.24) is 0 Å². The molecule has 15 heavy (non-hydrogen) atoms. The predicted molar refractivity (Wildman–Crippen MR) is 68.9 cm³/mol. The van der Waals surface area contributed by atoms with E-state index in [4.69, 9.17) is 5.73 Å². The zero-order valence-corrected chi connectivity index (χ0v) is 10.5. The highest BCUT2D eigenvalue weighted by Gasteiger charge is 2.26. The second-order valence-corrected chi connectivity index (χ2v) is 4.91. The van der Waals surface area contributed by atoms with Crippen molar-refractivity contribution in [2.75, 3.05) is 4.90 Å². The van der Waals surface area contributed by atoms with E-state index in [1.54, 1.807) is 0 Å². The molecule has 1 atom stereocenters. The fourth-order valence-electron chi connectivity index (χ4n) is 1.92. The quantitative estimate of drug-likeness (QED) is 0.626. The Balaban J connectivity index is 2.54. The van der Waals surface area contributed by atoms with E-state index >= 15 is 0 Å². The van der Waals surface area contributed by atoms with Gasteiger partial charge in [-0.25, -0.2) is 0 Å². The summed E-state index contributed by atoms with van der Waals surface area (Å²) in [6, 6.07) is 8.74. The van der Waals surface area contributed by atoms with Gasteiger partial charge in [0.25, 0.3) is 0 Å². The summed E-state index contributed by atoms with van der Waals surface area (Å²) in [7, 11) is 0. The second-order valence-electron chi connectivity index (χ2n) is 4.04. The maximum absolute atomic E-state index is 5.99. The molecule has 1 heterocycles. The van der Waals surface area contributed by atoms with Crippen LogP contribution in [-0.2, 0) is 0 Å². The van der Waals surface area contributed by atoms with Gasteiger partial charge in [-0.3, -0.25) is 0 Å². The molecule has 1 aliphatic rings. The van der Waals surface area contributed by atoms with Gasteiger partial charge in [-0.15, -0.1) is 0 Å². The van der Waals surface area contributed by atoms with Gasteiger partial charge >= 0.3 is 0 Å². The summed E-state index contributed by atoms with van der Waals surface area (Å²) in [5, 5.41) is 0. The molecule has 1 unspecified atom stereocenters. The minimum absolute atomic E-state index is 0.104. The number of anilines is 1. The first-order valence-corrected chi connectivity index (χ1v) is 6.01. The topological polar surface area (TPSA) is 29.3 Å². The van der Waals surface area contributed by atoms with Crippen molar-refractivity contribution in [2.24, 2.45) is 5.73 Å². The van der Waals surface area contributed by atoms with Crippen molar-refractivity contribution in [3.05, 3.63) is 35.5 Å². The number of hydrogen-bond donors (Lipinski definition) is 1. The number of nitrogens with zero attached hydrogens (tertiary/aromatic N) is 1. The van der Waals surface area contributed by atoms with Crippen LogP contribution in [0.3, 0.4) is 0 Å². The Bertz CT molecular complexity index is 398. The van der Waals surface area contributed by atoms with Crippen molar-refractivity contribution in [1.29, 1.82) is 0 Å². The standard InChI is InChI=1S/C12H15BrN2/c1-8(2)15-11-6-4-3-5-9(11)7-10(14)12(15)13/h3-8,12H,14H2,1-2H3. The predicted octanol–water partition coefficient (Wildman–Crippen LogP) is 2.94. The molecule has 1 aromatic carbocycles. The number of alkyl halides is 1. The Morgan fingerprint density at radius 1 is 1.33 bits per heavy atom. The minimum atomic E-state index is 0.104. The van der Waals surface area contributed by atoms with Crippen LogP contribution < -0.4 is 10.6 Å². The first-order chi connectivity index (χ1) is 7.11. The molecule has 0 saturated heterocycles. The molecular formula is C12H15BrN2. The zero-order valence-electron chi connectivity index (χ0n) is 8.94. The molecular weight excluding hydrogens is 252 g/mol. The van der Waals surface area contributed by atoms with Gasteiger partial charge in [-0.1, -0.05) is 34.1 Å². The van der Waals surface area contributed by atoms with E-state index in [-0.39, 0.29) is 4.95 Å². The molecule has 0 aromatic heterocycles. The molecule has 2 rings (SSSR count). The highest BCUT2D eigenvalue weighted by atomic mass is 79.9. The van der Waals surface area contributed by atoms with Crippen molar-refractivity contribution < 1.29 is 0 Å². The van der Waals surface area contributed by atoms with Crippen LogP contribution in [0.25, 0.3) is 6.08 Å². The Kier molecular flexibility index (Phi) is 2.74. The molecule has 80 valence electrons. The van der Waals surface area contributed by atoms with Gasteiger partial charge in [0.05, 0.1) is 0 Å². The van der Waals surface area contributed by atoms with Crippen LogP contribution in [0, 0.1) is 0 Å². The van der Waals surface area contributed by atoms with Gasteiger partial charge in [0.2, 0.25) is 0 Å². The molecule has 0 saturated carbocycles. The van der Waals surface area contributed by atoms with Gasteiger partial charge in [-0.05, 0) is 31.6 Å². The van der Waals surface area contributed by atoms with Crippen molar-refractivity contribution in [2.45, 2.75) is 24.8 Å². The molecule has 0 aliphatic carbocycles. The minimum Gasteiger partial charge on any atom is -0.400 e. The van der Waals surface area contributed by atoms with E-state index in [0.717, 1.165) is 5.70 Å². The van der Waals surface area contributed by atoms with Crippen LogP contribution in [0.1, 0.15) is 19.4 Å². The molecule has 1 aliphatic heterocycles. The summed E-state index contributed by atoms with van der Waals surface area (Å²) in [5.74, 6) is 0. The first-order valence-electron chi connectivity index (χ1n) is 5.09. The maximum atomic E-state index is 5.99. The molecule has 0 fully saturated rings. The normalized spacial score (nSPS) is 20.1. The van der Waals surface area contributed by atoms with Crippen LogP contribution in [0.15, 0.2) is 30.0 Å². The summed E-state index contributed by atoms with van der Waals surface area (Å²) in [6.45, 7) is 4.34. The molecule has 0 amide bonds. The van der Waals surface area contributed by atoms with Gasteiger partial charge in [0, 0.05) is 17.4 Å². The third-order valence-corrected chi connectivity index (χ3v) is 3.58. The van der Waals surface area contributed by atoms with Gasteiger partial charge in [-0.2, -0.15) is 0 Å². The Hall–Kier alpha value is -0.960. The Labute approximate surface area is 98.9 Å². The van der Waals surface area contributed by atoms with Crippen LogP contribution in [0.2, 0.25) is 0 Å². The summed E-state index contributed by atoms with van der Waals surface area (Å²) >= 11 is 3.62. The number of rotatable bonds is 1. The lowest BCUT2D eigenvalue weighted by molar-refractivity contribution is 0.687. The molecule has 1 aromatic rings. The lowest BCUT2D eigenvalue weighted by atomic mass is 10.0. The number of fused-ring (bicyclic) bond motifs is 1. The molecule has 0 bridgehead atoms. The molecule has 3 heteroatoms. The number of para-hydroxylation sites is 1. The summed E-state index contributed by atoms with van der Waals surface area (Å²) < 4.78 is 0. The fraction of sp³-hybridized carbons (Fsp3) is 0.333. The molecule has 0 spiro atoms. The van der Waals surface area contributed by atoms with Crippen LogP contribution >= 0.6 is 15.9 Å². The smallest absolute Gasteiger partial charge is 0.125 e. The van der Waals surface area contributed by atoms with Crippen LogP contribution in [0.5, 0.6) is 0 Å². The fourth-order valence-corrected chi connectivity index (χ4v) is 2.74. The SMILES string of the molecule is CC(C)N1c2ccccc2C=C(N)C1Br. The number of nitrogens with two attached hydrogens (primary N) is 1. The third kappa shape index (κ3) is 1.76. The lowest BCUT2D eigenvalue weighted by Gasteiger charge is -2.38. The Morgan fingerprint density at radius 3 is 2.67 bits per heavy atom. The van der Waals surface area contributed by atoms with E-state index in [1.165, 1.54) is 11.3 Å². The van der Waals surface area contributed by atoms with Crippen molar-refractivity contribution >= 4 is 27.7 Å². The largest absolute Gasteiger partial charge is 0.400 e. The Morgan fingerprint density at radius 2 is 2.00 bits per heavy atom. The second kappa shape index (κ2) is 3.89. The van der Waals surface area contributed by atoms with Gasteiger partial charge in [0.15, 0.2) is 0 Å². The van der Waals surface area contributed by atoms with Crippen LogP contribution in [0.4, 0.5) is 5.69 Å². The average molecular weight is 267 g/mol. The van der Waals surface area contributed by atoms with Crippen LogP contribution in [-0.4, -0.2) is 11.0 Å². The molecule has 2 N–H and O–H groups in total. The van der Waals surface area contributed by atoms with E-state index in [1.807, 2.05) is 12.1 Å². The number of halogens is 1. The number of benzene rings is 1. The van der Waals surface area contributed by atoms with Gasteiger partial charge in [0.1, 0.15) is 4.95 Å². The van der Waals surface area contributed by atoms with E-state index < -0.39 is 0 Å². The van der Waals surface area contributed by atoms with E-state index in [0.29, 0.717) is 6.04 Å². The van der Waals surface area contributed by atoms with Crippen molar-refractivity contribution in [3.63, 3.8) is 0 Å². The third-order valence-electron chi connectivity index (χ3n) is 2.61. The molecule has 0 radical (unpaired) electrons. The summed E-state index contributed by atoms with van der Waals surface area (Å²) in [4.78, 5) is 2.39. The lowest BCUT2D eigenvalue weighted by Crippen LogP contribution is -2.42. The monoisotopic (exact) mass is 266 g/mol. The highest BCUT2D eigenvalue weighted by molar-refractivity contribution is 9.09. The van der Waals surface area contributed by atoms with Gasteiger partial charge < -0.3 is 10.6 Å². The zero-order chi connectivity index (χ0) is 11.0. The van der Waals surface area contributed by atoms with E-state index in [9.17, 15) is 0 Å². The molecule has 2 nitrogen and oxygen atoms in total. The van der Waals surface area contributed by atoms with Crippen molar-refractivity contribution in [3.8, 4) is 0 Å². The summed E-state index contributed by atoms with van der Waals surface area (Å²) in [6.07, 6.45) is 2.04. The highest BCUT2D eigenvalue weighted by Crippen LogP contribution is 2.34. The maximum Gasteiger partial charge on any atom is 0.125 e. The van der Waals surface area contributed by atoms with E-state index in [2.05, 4.69) is 52.9 Å². The number of hydrogen-bond acceptors (Lipinski definition) is 2. The first kappa shape index (κ1) is 10.6.